The van der Waals surface area contributed by atoms with E-state index in [-0.39, 0.29) is 6.04 Å². The van der Waals surface area contributed by atoms with Crippen molar-refractivity contribution in [2.45, 2.75) is 26.4 Å². The van der Waals surface area contributed by atoms with Crippen LogP contribution in [0.15, 0.2) is 42.6 Å². The minimum absolute atomic E-state index is 0.0890. The lowest BCUT2D eigenvalue weighted by Gasteiger charge is -2.27. The first-order chi connectivity index (χ1) is 10.2. The lowest BCUT2D eigenvalue weighted by molar-refractivity contribution is 0.407. The van der Waals surface area contributed by atoms with Gasteiger partial charge in [0.05, 0.1) is 19.3 Å². The summed E-state index contributed by atoms with van der Waals surface area (Å²) in [6, 6.07) is 11.9. The predicted octanol–water partition coefficient (Wildman–Crippen LogP) is 3.14. The molecule has 0 aliphatic heterocycles. The maximum atomic E-state index is 6.15. The number of pyridine rings is 1. The normalized spacial score (nSPS) is 12.0. The van der Waals surface area contributed by atoms with Crippen LogP contribution in [0, 0.1) is 0 Å². The Hall–Kier alpha value is -2.07. The summed E-state index contributed by atoms with van der Waals surface area (Å²) in [4.78, 5) is 6.67. The molecule has 0 bridgehead atoms. The van der Waals surface area contributed by atoms with Crippen molar-refractivity contribution in [3.63, 3.8) is 0 Å². The number of nitrogens with two attached hydrogens (primary N) is 1. The molecule has 0 unspecified atom stereocenters. The second-order valence-corrected chi connectivity index (χ2v) is 5.02. The molecule has 2 rings (SSSR count). The summed E-state index contributed by atoms with van der Waals surface area (Å²) in [5.74, 6) is 0.835. The Labute approximate surface area is 126 Å². The Morgan fingerprint density at radius 1 is 1.24 bits per heavy atom. The van der Waals surface area contributed by atoms with Gasteiger partial charge in [-0.15, -0.1) is 0 Å². The molecule has 0 spiro atoms. The number of ether oxygens (including phenoxy) is 1. The van der Waals surface area contributed by atoms with Crippen LogP contribution in [0.2, 0.25) is 0 Å². The molecule has 0 aliphatic carbocycles. The van der Waals surface area contributed by atoms with E-state index in [0.29, 0.717) is 0 Å². The van der Waals surface area contributed by atoms with E-state index in [9.17, 15) is 0 Å². The third kappa shape index (κ3) is 3.52. The van der Waals surface area contributed by atoms with Gasteiger partial charge in [-0.3, -0.25) is 4.98 Å². The quantitative estimate of drug-likeness (QED) is 0.886. The molecule has 0 saturated heterocycles. The van der Waals surface area contributed by atoms with Crippen molar-refractivity contribution in [2.24, 2.45) is 5.73 Å². The minimum atomic E-state index is -0.0890. The van der Waals surface area contributed by atoms with Crippen molar-refractivity contribution in [2.75, 3.05) is 18.6 Å². The van der Waals surface area contributed by atoms with Gasteiger partial charge in [-0.25, -0.2) is 0 Å². The number of nitrogens with zero attached hydrogens (tertiary/aromatic N) is 2. The van der Waals surface area contributed by atoms with E-state index < -0.39 is 0 Å². The summed E-state index contributed by atoms with van der Waals surface area (Å²) in [5, 5.41) is 0. The molecule has 2 N–H and O–H groups in total. The number of benzene rings is 1. The first-order valence-corrected chi connectivity index (χ1v) is 7.24. The molecule has 4 nitrogen and oxygen atoms in total. The van der Waals surface area contributed by atoms with Gasteiger partial charge < -0.3 is 15.4 Å². The highest BCUT2D eigenvalue weighted by atomic mass is 16.5. The number of hydrogen-bond donors (Lipinski definition) is 1. The molecule has 0 fully saturated rings. The van der Waals surface area contributed by atoms with E-state index >= 15 is 0 Å². The summed E-state index contributed by atoms with van der Waals surface area (Å²) < 4.78 is 5.47. The fraction of sp³-hybridized carbons (Fsp3) is 0.353. The lowest BCUT2D eigenvalue weighted by atomic mass is 10.0. The maximum Gasteiger partial charge on any atom is 0.125 e. The van der Waals surface area contributed by atoms with Gasteiger partial charge in [0, 0.05) is 30.0 Å². The van der Waals surface area contributed by atoms with E-state index in [2.05, 4.69) is 22.9 Å². The van der Waals surface area contributed by atoms with Crippen LogP contribution in [0.5, 0.6) is 5.75 Å². The van der Waals surface area contributed by atoms with Crippen molar-refractivity contribution in [3.05, 3.63) is 53.9 Å². The van der Waals surface area contributed by atoms with E-state index in [0.717, 1.165) is 35.8 Å². The first-order valence-electron chi connectivity index (χ1n) is 7.24. The van der Waals surface area contributed by atoms with Crippen LogP contribution >= 0.6 is 0 Å². The second kappa shape index (κ2) is 7.09. The van der Waals surface area contributed by atoms with Gasteiger partial charge >= 0.3 is 0 Å². The third-order valence-electron chi connectivity index (χ3n) is 3.52. The van der Waals surface area contributed by atoms with Crippen molar-refractivity contribution in [1.82, 2.24) is 4.98 Å². The Bertz CT molecular complexity index is 570. The zero-order valence-corrected chi connectivity index (χ0v) is 12.9. The first kappa shape index (κ1) is 15.3. The Morgan fingerprint density at radius 3 is 2.62 bits per heavy atom. The Balaban J connectivity index is 2.38. The maximum absolute atomic E-state index is 6.15. The third-order valence-corrected chi connectivity index (χ3v) is 3.52. The topological polar surface area (TPSA) is 51.4 Å². The van der Waals surface area contributed by atoms with Gasteiger partial charge in [-0.1, -0.05) is 12.1 Å². The molecule has 4 heteroatoms. The predicted molar refractivity (Wildman–Crippen MR) is 86.6 cm³/mol. The fourth-order valence-corrected chi connectivity index (χ4v) is 2.50. The van der Waals surface area contributed by atoms with E-state index in [1.54, 1.807) is 7.11 Å². The van der Waals surface area contributed by atoms with Gasteiger partial charge in [0.15, 0.2) is 0 Å². The number of aromatic nitrogens is 1. The van der Waals surface area contributed by atoms with Crippen LogP contribution in [0.1, 0.15) is 31.1 Å². The molecular weight excluding hydrogens is 262 g/mol. The van der Waals surface area contributed by atoms with E-state index in [1.807, 2.05) is 43.5 Å². The number of hydrogen-bond acceptors (Lipinski definition) is 4. The molecular formula is C17H23N3O. The molecule has 112 valence electrons. The van der Waals surface area contributed by atoms with Crippen LogP contribution in [-0.4, -0.2) is 18.6 Å². The number of anilines is 1. The highest BCUT2D eigenvalue weighted by molar-refractivity contribution is 5.60. The molecule has 1 atom stereocenters. The molecule has 1 aromatic carbocycles. The second-order valence-electron chi connectivity index (χ2n) is 5.02. The largest absolute Gasteiger partial charge is 0.496 e. The van der Waals surface area contributed by atoms with Crippen LogP contribution < -0.4 is 15.4 Å². The van der Waals surface area contributed by atoms with Crippen LogP contribution in [-0.2, 0) is 6.54 Å². The fourth-order valence-electron chi connectivity index (χ4n) is 2.50. The smallest absolute Gasteiger partial charge is 0.125 e. The Morgan fingerprint density at radius 2 is 2.05 bits per heavy atom. The average molecular weight is 285 g/mol. The zero-order valence-electron chi connectivity index (χ0n) is 12.9. The standard InChI is InChI=1S/C17H23N3O/c1-4-20(12-14-8-5-6-11-19-14)15-9-7-10-16(21-3)17(15)13(2)18/h5-11,13H,4,12,18H2,1-3H3/t13-/m1/s1. The minimum Gasteiger partial charge on any atom is -0.496 e. The van der Waals surface area contributed by atoms with Crippen molar-refractivity contribution in [3.8, 4) is 5.75 Å². The average Bonchev–Trinajstić information content (AvgIpc) is 2.52. The van der Waals surface area contributed by atoms with Gasteiger partial charge in [0.25, 0.3) is 0 Å². The molecule has 0 amide bonds. The van der Waals surface area contributed by atoms with E-state index in [1.165, 1.54) is 0 Å². The molecule has 0 aliphatic rings. The molecule has 0 radical (unpaired) electrons. The van der Waals surface area contributed by atoms with Crippen molar-refractivity contribution in [1.29, 1.82) is 0 Å². The summed E-state index contributed by atoms with van der Waals surface area (Å²) in [6.45, 7) is 5.75. The molecule has 2 aromatic rings. The highest BCUT2D eigenvalue weighted by Gasteiger charge is 2.17. The van der Waals surface area contributed by atoms with Crippen LogP contribution in [0.4, 0.5) is 5.69 Å². The van der Waals surface area contributed by atoms with Gasteiger partial charge in [0.2, 0.25) is 0 Å². The Kier molecular flexibility index (Phi) is 5.17. The van der Waals surface area contributed by atoms with Crippen molar-refractivity contribution < 1.29 is 4.74 Å². The SMILES string of the molecule is CCN(Cc1ccccn1)c1cccc(OC)c1[C@@H](C)N. The van der Waals surface area contributed by atoms with Crippen molar-refractivity contribution >= 4 is 5.69 Å². The molecule has 1 aromatic heterocycles. The monoisotopic (exact) mass is 285 g/mol. The molecule has 0 saturated carbocycles. The van der Waals surface area contributed by atoms with Gasteiger partial charge in [-0.05, 0) is 38.1 Å². The molecule has 21 heavy (non-hydrogen) atoms. The van der Waals surface area contributed by atoms with Crippen LogP contribution in [0.3, 0.4) is 0 Å². The lowest BCUT2D eigenvalue weighted by Crippen LogP contribution is -2.25. The summed E-state index contributed by atoms with van der Waals surface area (Å²) in [5.41, 5.74) is 9.34. The van der Waals surface area contributed by atoms with E-state index in [4.69, 9.17) is 10.5 Å². The van der Waals surface area contributed by atoms with Crippen LogP contribution in [0.25, 0.3) is 0 Å². The number of methoxy groups -OCH3 is 1. The zero-order chi connectivity index (χ0) is 15.2. The molecule has 1 heterocycles. The summed E-state index contributed by atoms with van der Waals surface area (Å²) in [6.07, 6.45) is 1.82. The highest BCUT2D eigenvalue weighted by Crippen LogP contribution is 2.34. The van der Waals surface area contributed by atoms with Gasteiger partial charge in [-0.2, -0.15) is 0 Å². The van der Waals surface area contributed by atoms with Gasteiger partial charge in [0.1, 0.15) is 5.75 Å². The summed E-state index contributed by atoms with van der Waals surface area (Å²) >= 11 is 0. The number of rotatable bonds is 6. The summed E-state index contributed by atoms with van der Waals surface area (Å²) in [7, 11) is 1.68.